The molecular weight excluding hydrogens is 321 g/mol. The number of nitrogens with zero attached hydrogens (tertiary/aromatic N) is 3. The minimum absolute atomic E-state index is 0.225. The second kappa shape index (κ2) is 8.94. The molecule has 0 saturated carbocycles. The summed E-state index contributed by atoms with van der Waals surface area (Å²) < 4.78 is 25.1. The van der Waals surface area contributed by atoms with Crippen molar-refractivity contribution in [1.29, 1.82) is 0 Å². The maximum absolute atomic E-state index is 14.0. The summed E-state index contributed by atoms with van der Waals surface area (Å²) in [5, 5.41) is 7.73. The predicted molar refractivity (Wildman–Crippen MR) is 93.2 cm³/mol. The number of benzene rings is 1. The Morgan fingerprint density at radius 1 is 1.16 bits per heavy atom. The van der Waals surface area contributed by atoms with Crippen molar-refractivity contribution in [2.45, 2.75) is 45.4 Å². The largest absolute Gasteiger partial charge is 0.494 e. The van der Waals surface area contributed by atoms with E-state index in [1.807, 2.05) is 0 Å². The Labute approximate surface area is 148 Å². The number of aromatic nitrogens is 2. The van der Waals surface area contributed by atoms with E-state index in [-0.39, 0.29) is 5.82 Å². The van der Waals surface area contributed by atoms with E-state index < -0.39 is 0 Å². The van der Waals surface area contributed by atoms with E-state index in [1.54, 1.807) is 19.1 Å². The van der Waals surface area contributed by atoms with Crippen molar-refractivity contribution < 1.29 is 13.5 Å². The third-order valence-electron chi connectivity index (χ3n) is 4.53. The van der Waals surface area contributed by atoms with E-state index in [9.17, 15) is 4.39 Å². The molecule has 1 aromatic heterocycles. The smallest absolute Gasteiger partial charge is 0.216 e. The zero-order valence-electron chi connectivity index (χ0n) is 14.8. The second-order valence-electron chi connectivity index (χ2n) is 6.57. The van der Waals surface area contributed by atoms with E-state index >= 15 is 0 Å². The molecule has 0 bridgehead atoms. The van der Waals surface area contributed by atoms with Crippen LogP contribution in [0.25, 0.3) is 0 Å². The summed E-state index contributed by atoms with van der Waals surface area (Å²) in [5.41, 5.74) is 0.615. The quantitative estimate of drug-likeness (QED) is 0.684. The number of hydrogen-bond acceptors (Lipinski definition) is 5. The fourth-order valence-electron chi connectivity index (χ4n) is 3.17. The van der Waals surface area contributed by atoms with Crippen molar-refractivity contribution in [3.63, 3.8) is 0 Å². The molecule has 1 aliphatic rings. The maximum Gasteiger partial charge on any atom is 0.216 e. The van der Waals surface area contributed by atoms with Crippen LogP contribution in [0.3, 0.4) is 0 Å². The molecule has 1 aliphatic heterocycles. The van der Waals surface area contributed by atoms with E-state index in [4.69, 9.17) is 9.15 Å². The Balaban J connectivity index is 1.45. The molecule has 0 amide bonds. The van der Waals surface area contributed by atoms with Crippen LogP contribution in [-0.4, -0.2) is 41.3 Å². The molecule has 0 atom stereocenters. The SMILES string of the molecule is Cc1nnc(CCc2cc(OCCCN3CCCCC3)ccc2F)o1. The number of piperidine rings is 1. The number of hydrogen-bond donors (Lipinski definition) is 0. The lowest BCUT2D eigenvalue weighted by atomic mass is 10.1. The Morgan fingerprint density at radius 2 is 2.00 bits per heavy atom. The van der Waals surface area contributed by atoms with Crippen molar-refractivity contribution in [2.24, 2.45) is 0 Å². The highest BCUT2D eigenvalue weighted by Gasteiger charge is 2.10. The highest BCUT2D eigenvalue weighted by molar-refractivity contribution is 5.30. The van der Waals surface area contributed by atoms with Gasteiger partial charge in [-0.05, 0) is 62.5 Å². The first kappa shape index (κ1) is 17.9. The van der Waals surface area contributed by atoms with Crippen LogP contribution in [0, 0.1) is 12.7 Å². The Hall–Kier alpha value is -1.95. The molecule has 136 valence electrons. The maximum atomic E-state index is 14.0. The van der Waals surface area contributed by atoms with Crippen LogP contribution in [-0.2, 0) is 12.8 Å². The monoisotopic (exact) mass is 347 g/mol. The molecule has 1 saturated heterocycles. The first-order valence-corrected chi connectivity index (χ1v) is 9.13. The third-order valence-corrected chi connectivity index (χ3v) is 4.53. The molecule has 6 heteroatoms. The van der Waals surface area contributed by atoms with E-state index in [1.165, 1.54) is 38.4 Å². The number of halogens is 1. The zero-order valence-corrected chi connectivity index (χ0v) is 14.8. The number of rotatable bonds is 8. The molecule has 2 heterocycles. The lowest BCUT2D eigenvalue weighted by molar-refractivity contribution is 0.205. The lowest BCUT2D eigenvalue weighted by Gasteiger charge is -2.26. The second-order valence-corrected chi connectivity index (χ2v) is 6.57. The molecule has 0 spiro atoms. The molecule has 5 nitrogen and oxygen atoms in total. The van der Waals surface area contributed by atoms with Gasteiger partial charge in [-0.1, -0.05) is 6.42 Å². The normalized spacial score (nSPS) is 15.4. The molecular formula is C19H26FN3O2. The van der Waals surface area contributed by atoms with Gasteiger partial charge in [0, 0.05) is 19.9 Å². The van der Waals surface area contributed by atoms with Crippen LogP contribution in [0.15, 0.2) is 22.6 Å². The van der Waals surface area contributed by atoms with Crippen molar-refractivity contribution >= 4 is 0 Å². The summed E-state index contributed by atoms with van der Waals surface area (Å²) in [6, 6.07) is 4.93. The highest BCUT2D eigenvalue weighted by atomic mass is 19.1. The molecule has 1 fully saturated rings. The zero-order chi connectivity index (χ0) is 17.5. The fourth-order valence-corrected chi connectivity index (χ4v) is 3.17. The topological polar surface area (TPSA) is 51.4 Å². The van der Waals surface area contributed by atoms with Gasteiger partial charge in [0.25, 0.3) is 0 Å². The van der Waals surface area contributed by atoms with E-state index in [0.717, 1.165) is 18.7 Å². The van der Waals surface area contributed by atoms with Crippen LogP contribution in [0.1, 0.15) is 43.0 Å². The van der Waals surface area contributed by atoms with Gasteiger partial charge in [-0.15, -0.1) is 10.2 Å². The minimum atomic E-state index is -0.225. The minimum Gasteiger partial charge on any atom is -0.494 e. The summed E-state index contributed by atoms with van der Waals surface area (Å²) in [6.07, 6.45) is 6.00. The summed E-state index contributed by atoms with van der Waals surface area (Å²) in [7, 11) is 0. The molecule has 0 aliphatic carbocycles. The Kier molecular flexibility index (Phi) is 6.39. The van der Waals surface area contributed by atoms with Crippen molar-refractivity contribution in [3.8, 4) is 5.75 Å². The average Bonchev–Trinajstić information content (AvgIpc) is 3.05. The standard InChI is InChI=1S/C19H26FN3O2/c1-15-21-22-19(25-15)9-6-16-14-17(7-8-18(16)20)24-13-5-12-23-10-3-2-4-11-23/h7-8,14H,2-6,9-13H2,1H3. The van der Waals surface area contributed by atoms with Gasteiger partial charge in [0.1, 0.15) is 11.6 Å². The van der Waals surface area contributed by atoms with E-state index in [0.29, 0.717) is 36.8 Å². The van der Waals surface area contributed by atoms with Crippen LogP contribution in [0.2, 0.25) is 0 Å². The van der Waals surface area contributed by atoms with Gasteiger partial charge < -0.3 is 14.1 Å². The van der Waals surface area contributed by atoms with Crippen molar-refractivity contribution in [3.05, 3.63) is 41.4 Å². The highest BCUT2D eigenvalue weighted by Crippen LogP contribution is 2.19. The molecule has 3 rings (SSSR count). The first-order chi connectivity index (χ1) is 12.2. The number of likely N-dealkylation sites (tertiary alicyclic amines) is 1. The van der Waals surface area contributed by atoms with Crippen LogP contribution < -0.4 is 4.74 Å². The summed E-state index contributed by atoms with van der Waals surface area (Å²) in [5.74, 6) is 1.56. The van der Waals surface area contributed by atoms with E-state index in [2.05, 4.69) is 15.1 Å². The van der Waals surface area contributed by atoms with Gasteiger partial charge >= 0.3 is 0 Å². The Bertz CT molecular complexity index is 668. The molecule has 0 unspecified atom stereocenters. The number of aryl methyl sites for hydroxylation is 3. The summed E-state index contributed by atoms with van der Waals surface area (Å²) >= 11 is 0. The van der Waals surface area contributed by atoms with Crippen LogP contribution in [0.4, 0.5) is 4.39 Å². The van der Waals surface area contributed by atoms with Gasteiger partial charge in [0.15, 0.2) is 0 Å². The van der Waals surface area contributed by atoms with Gasteiger partial charge in [0.2, 0.25) is 11.8 Å². The van der Waals surface area contributed by atoms with Crippen molar-refractivity contribution in [1.82, 2.24) is 15.1 Å². The van der Waals surface area contributed by atoms with Crippen LogP contribution in [0.5, 0.6) is 5.75 Å². The van der Waals surface area contributed by atoms with Crippen LogP contribution >= 0.6 is 0 Å². The van der Waals surface area contributed by atoms with Crippen molar-refractivity contribution in [2.75, 3.05) is 26.2 Å². The molecule has 2 aromatic rings. The fraction of sp³-hybridized carbons (Fsp3) is 0.579. The summed E-state index contributed by atoms with van der Waals surface area (Å²) in [6.45, 7) is 5.89. The predicted octanol–water partition coefficient (Wildman–Crippen LogP) is 3.56. The lowest BCUT2D eigenvalue weighted by Crippen LogP contribution is -2.31. The molecule has 1 aromatic carbocycles. The Morgan fingerprint density at radius 3 is 2.76 bits per heavy atom. The number of ether oxygens (including phenoxy) is 1. The molecule has 0 N–H and O–H groups in total. The average molecular weight is 347 g/mol. The molecule has 25 heavy (non-hydrogen) atoms. The van der Waals surface area contributed by atoms with Gasteiger partial charge in [0.05, 0.1) is 6.61 Å². The first-order valence-electron chi connectivity index (χ1n) is 9.13. The molecule has 0 radical (unpaired) electrons. The van der Waals surface area contributed by atoms with Gasteiger partial charge in [-0.25, -0.2) is 4.39 Å². The third kappa shape index (κ3) is 5.53. The van der Waals surface area contributed by atoms with Gasteiger partial charge in [-0.2, -0.15) is 0 Å². The van der Waals surface area contributed by atoms with Gasteiger partial charge in [-0.3, -0.25) is 0 Å². The summed E-state index contributed by atoms with van der Waals surface area (Å²) in [4.78, 5) is 2.50.